The van der Waals surface area contributed by atoms with Gasteiger partial charge in [0.25, 0.3) is 0 Å². The summed E-state index contributed by atoms with van der Waals surface area (Å²) in [7, 11) is 0. The van der Waals surface area contributed by atoms with E-state index in [-0.39, 0.29) is 0 Å². The van der Waals surface area contributed by atoms with Crippen molar-refractivity contribution >= 4 is 23.4 Å². The lowest BCUT2D eigenvalue weighted by atomic mass is 9.97. The first-order valence-corrected chi connectivity index (χ1v) is 7.79. The van der Waals surface area contributed by atoms with Crippen LogP contribution < -0.4 is 5.73 Å². The van der Waals surface area contributed by atoms with Gasteiger partial charge in [-0.25, -0.2) is 0 Å². The van der Waals surface area contributed by atoms with Crippen LogP contribution in [-0.2, 0) is 0 Å². The summed E-state index contributed by atoms with van der Waals surface area (Å²) in [6, 6.07) is 18.5. The Bertz CT molecular complexity index is 501. The number of benzene rings is 2. The van der Waals surface area contributed by atoms with Gasteiger partial charge in [0.2, 0.25) is 0 Å². The SMILES string of the molecule is NCC(CCSc1ccccc1)c1cccc(Cl)c1. The molecule has 0 fully saturated rings. The molecule has 1 nitrogen and oxygen atoms in total. The minimum Gasteiger partial charge on any atom is -0.330 e. The molecule has 0 aromatic heterocycles. The quantitative estimate of drug-likeness (QED) is 0.789. The molecule has 0 aliphatic heterocycles. The Labute approximate surface area is 124 Å². The summed E-state index contributed by atoms with van der Waals surface area (Å²) in [4.78, 5) is 1.31. The molecule has 0 bridgehead atoms. The monoisotopic (exact) mass is 291 g/mol. The van der Waals surface area contributed by atoms with Crippen molar-refractivity contribution in [2.75, 3.05) is 12.3 Å². The van der Waals surface area contributed by atoms with Crippen molar-refractivity contribution in [2.45, 2.75) is 17.2 Å². The van der Waals surface area contributed by atoms with Crippen LogP contribution in [0.25, 0.3) is 0 Å². The molecule has 100 valence electrons. The van der Waals surface area contributed by atoms with Gasteiger partial charge in [-0.1, -0.05) is 41.9 Å². The first kappa shape index (κ1) is 14.4. The third-order valence-electron chi connectivity index (χ3n) is 3.08. The van der Waals surface area contributed by atoms with Crippen LogP contribution in [0.15, 0.2) is 59.5 Å². The smallest absolute Gasteiger partial charge is 0.0408 e. The molecule has 0 saturated heterocycles. The summed E-state index contributed by atoms with van der Waals surface area (Å²) in [5.74, 6) is 1.45. The van der Waals surface area contributed by atoms with Crippen molar-refractivity contribution in [2.24, 2.45) is 5.73 Å². The zero-order valence-electron chi connectivity index (χ0n) is 10.8. The third kappa shape index (κ3) is 4.57. The maximum Gasteiger partial charge on any atom is 0.0408 e. The minimum atomic E-state index is 0.384. The second-order valence-electron chi connectivity index (χ2n) is 4.44. The molecule has 0 amide bonds. The highest BCUT2D eigenvalue weighted by molar-refractivity contribution is 7.99. The average Bonchev–Trinajstić information content (AvgIpc) is 2.45. The van der Waals surface area contributed by atoms with Gasteiger partial charge >= 0.3 is 0 Å². The Hall–Kier alpha value is -0.960. The summed E-state index contributed by atoms with van der Waals surface area (Å²) in [5.41, 5.74) is 7.12. The maximum absolute atomic E-state index is 6.03. The van der Waals surface area contributed by atoms with Gasteiger partial charge in [0.05, 0.1) is 0 Å². The Kier molecular flexibility index (Phi) is 5.77. The molecule has 2 N–H and O–H groups in total. The number of halogens is 1. The zero-order valence-corrected chi connectivity index (χ0v) is 12.3. The number of hydrogen-bond donors (Lipinski definition) is 1. The van der Waals surface area contributed by atoms with E-state index >= 15 is 0 Å². The molecule has 0 aliphatic rings. The predicted molar refractivity (Wildman–Crippen MR) is 85.0 cm³/mol. The molecule has 3 heteroatoms. The lowest BCUT2D eigenvalue weighted by Crippen LogP contribution is -2.13. The average molecular weight is 292 g/mol. The lowest BCUT2D eigenvalue weighted by Gasteiger charge is -2.15. The fourth-order valence-electron chi connectivity index (χ4n) is 2.02. The molecular weight excluding hydrogens is 274 g/mol. The lowest BCUT2D eigenvalue weighted by molar-refractivity contribution is 0.680. The topological polar surface area (TPSA) is 26.0 Å². The van der Waals surface area contributed by atoms with Crippen molar-refractivity contribution in [1.82, 2.24) is 0 Å². The summed E-state index contributed by atoms with van der Waals surface area (Å²) >= 11 is 7.90. The number of hydrogen-bond acceptors (Lipinski definition) is 2. The second-order valence-corrected chi connectivity index (χ2v) is 6.04. The van der Waals surface area contributed by atoms with Crippen LogP contribution >= 0.6 is 23.4 Å². The highest BCUT2D eigenvalue weighted by Crippen LogP contribution is 2.26. The van der Waals surface area contributed by atoms with Crippen LogP contribution in [0.4, 0.5) is 0 Å². The molecule has 2 rings (SSSR count). The molecule has 2 aromatic rings. The second kappa shape index (κ2) is 7.59. The van der Waals surface area contributed by atoms with Crippen LogP contribution in [0.3, 0.4) is 0 Å². The van der Waals surface area contributed by atoms with Gasteiger partial charge in [-0.15, -0.1) is 11.8 Å². The van der Waals surface area contributed by atoms with Crippen LogP contribution in [0.2, 0.25) is 5.02 Å². The Morgan fingerprint density at radius 3 is 2.53 bits per heavy atom. The fraction of sp³-hybridized carbons (Fsp3) is 0.250. The van der Waals surface area contributed by atoms with Crippen molar-refractivity contribution in [1.29, 1.82) is 0 Å². The van der Waals surface area contributed by atoms with Gasteiger partial charge in [0.15, 0.2) is 0 Å². The summed E-state index contributed by atoms with van der Waals surface area (Å²) in [6.07, 6.45) is 1.07. The van der Waals surface area contributed by atoms with Gasteiger partial charge in [0, 0.05) is 9.92 Å². The molecule has 1 unspecified atom stereocenters. The fourth-order valence-corrected chi connectivity index (χ4v) is 3.20. The molecule has 0 spiro atoms. The highest BCUT2D eigenvalue weighted by Gasteiger charge is 2.10. The van der Waals surface area contributed by atoms with Gasteiger partial charge in [-0.3, -0.25) is 0 Å². The molecule has 0 saturated carbocycles. The van der Waals surface area contributed by atoms with E-state index in [1.165, 1.54) is 10.5 Å². The van der Waals surface area contributed by atoms with E-state index in [2.05, 4.69) is 30.3 Å². The zero-order chi connectivity index (χ0) is 13.5. The molecule has 2 aromatic carbocycles. The summed E-state index contributed by atoms with van der Waals surface area (Å²) in [5, 5.41) is 0.784. The van der Waals surface area contributed by atoms with Gasteiger partial charge < -0.3 is 5.73 Å². The standard InChI is InChI=1S/C16H18ClNS/c17-15-6-4-5-13(11-15)14(12-18)9-10-19-16-7-2-1-3-8-16/h1-8,11,14H,9-10,12,18H2. The minimum absolute atomic E-state index is 0.384. The van der Waals surface area contributed by atoms with E-state index in [1.807, 2.05) is 36.0 Å². The van der Waals surface area contributed by atoms with Crippen LogP contribution in [0, 0.1) is 0 Å². The molecule has 0 aliphatic carbocycles. The first-order chi connectivity index (χ1) is 9.29. The Morgan fingerprint density at radius 1 is 1.05 bits per heavy atom. The van der Waals surface area contributed by atoms with E-state index < -0.39 is 0 Å². The van der Waals surface area contributed by atoms with E-state index in [1.54, 1.807) is 0 Å². The van der Waals surface area contributed by atoms with E-state index in [0.29, 0.717) is 12.5 Å². The number of nitrogens with two attached hydrogens (primary N) is 1. The molecule has 0 heterocycles. The van der Waals surface area contributed by atoms with Crippen LogP contribution in [0.1, 0.15) is 17.9 Å². The van der Waals surface area contributed by atoms with Crippen molar-refractivity contribution in [3.8, 4) is 0 Å². The molecular formula is C16H18ClNS. The number of thioether (sulfide) groups is 1. The summed E-state index contributed by atoms with van der Waals surface area (Å²) < 4.78 is 0. The summed E-state index contributed by atoms with van der Waals surface area (Å²) in [6.45, 7) is 0.662. The normalized spacial score (nSPS) is 12.3. The van der Waals surface area contributed by atoms with E-state index in [9.17, 15) is 0 Å². The van der Waals surface area contributed by atoms with Crippen LogP contribution in [0.5, 0.6) is 0 Å². The maximum atomic E-state index is 6.03. The predicted octanol–water partition coefficient (Wildman–Crippen LogP) is 4.56. The van der Waals surface area contributed by atoms with Gasteiger partial charge in [-0.05, 0) is 54.5 Å². The molecule has 1 atom stereocenters. The van der Waals surface area contributed by atoms with E-state index in [4.69, 9.17) is 17.3 Å². The first-order valence-electron chi connectivity index (χ1n) is 6.43. The van der Waals surface area contributed by atoms with Crippen molar-refractivity contribution in [3.05, 3.63) is 65.2 Å². The molecule has 19 heavy (non-hydrogen) atoms. The van der Waals surface area contributed by atoms with Gasteiger partial charge in [0.1, 0.15) is 0 Å². The van der Waals surface area contributed by atoms with Crippen molar-refractivity contribution in [3.63, 3.8) is 0 Å². The van der Waals surface area contributed by atoms with E-state index in [0.717, 1.165) is 17.2 Å². The largest absolute Gasteiger partial charge is 0.330 e. The Balaban J connectivity index is 1.89. The van der Waals surface area contributed by atoms with Gasteiger partial charge in [-0.2, -0.15) is 0 Å². The Morgan fingerprint density at radius 2 is 1.84 bits per heavy atom. The number of rotatable bonds is 6. The van der Waals surface area contributed by atoms with Crippen molar-refractivity contribution < 1.29 is 0 Å². The molecule has 0 radical (unpaired) electrons. The van der Waals surface area contributed by atoms with Crippen LogP contribution in [-0.4, -0.2) is 12.3 Å². The third-order valence-corrected chi connectivity index (χ3v) is 4.36. The highest BCUT2D eigenvalue weighted by atomic mass is 35.5.